The molecule has 0 amide bonds. The van der Waals surface area contributed by atoms with Crippen LogP contribution in [0.15, 0.2) is 6.20 Å². The van der Waals surface area contributed by atoms with Gasteiger partial charge in [0.2, 0.25) is 0 Å². The fraction of sp³-hybridized carbons (Fsp3) is 0.600. The lowest BCUT2D eigenvalue weighted by atomic mass is 10.4. The van der Waals surface area contributed by atoms with Gasteiger partial charge in [-0.05, 0) is 26.1 Å². The Kier molecular flexibility index (Phi) is 5.65. The summed E-state index contributed by atoms with van der Waals surface area (Å²) in [5, 5.41) is 7.93. The number of thiocarbonyl (C=S) groups is 1. The zero-order valence-corrected chi connectivity index (χ0v) is 11.4. The van der Waals surface area contributed by atoms with Gasteiger partial charge in [-0.1, -0.05) is 0 Å². The predicted molar refractivity (Wildman–Crippen MR) is 70.9 cm³/mol. The fourth-order valence-corrected chi connectivity index (χ4v) is 2.20. The zero-order chi connectivity index (χ0) is 12.0. The van der Waals surface area contributed by atoms with E-state index in [0.717, 1.165) is 5.01 Å². The first-order valence-electron chi connectivity index (χ1n) is 5.09. The average Bonchev–Trinajstić information content (AvgIpc) is 2.65. The molecule has 2 N–H and O–H groups in total. The van der Waals surface area contributed by atoms with Crippen molar-refractivity contribution >= 4 is 28.7 Å². The molecule has 16 heavy (non-hydrogen) atoms. The third-order valence-electron chi connectivity index (χ3n) is 1.95. The Morgan fingerprint density at radius 3 is 3.00 bits per heavy atom. The average molecular weight is 259 g/mol. The lowest BCUT2D eigenvalue weighted by Gasteiger charge is -2.14. The van der Waals surface area contributed by atoms with E-state index in [4.69, 9.17) is 17.0 Å². The van der Waals surface area contributed by atoms with E-state index in [9.17, 15) is 0 Å². The van der Waals surface area contributed by atoms with Gasteiger partial charge in [0, 0.05) is 24.7 Å². The second-order valence-corrected chi connectivity index (χ2v) is 5.10. The molecule has 6 heteroatoms. The molecule has 0 fully saturated rings. The Bertz CT molecular complexity index is 341. The molecule has 0 aliphatic heterocycles. The van der Waals surface area contributed by atoms with Crippen LogP contribution in [0.1, 0.15) is 22.9 Å². The maximum atomic E-state index is 5.15. The van der Waals surface area contributed by atoms with E-state index in [1.165, 1.54) is 4.88 Å². The molecule has 1 rings (SSSR count). The van der Waals surface area contributed by atoms with E-state index in [-0.39, 0.29) is 6.04 Å². The number of methoxy groups -OCH3 is 1. The quantitative estimate of drug-likeness (QED) is 0.621. The van der Waals surface area contributed by atoms with Crippen LogP contribution in [0.4, 0.5) is 0 Å². The summed E-state index contributed by atoms with van der Waals surface area (Å²) >= 11 is 6.83. The molecule has 0 bridgehead atoms. The first kappa shape index (κ1) is 13.3. The summed E-state index contributed by atoms with van der Waals surface area (Å²) < 4.78 is 4.92. The van der Waals surface area contributed by atoms with Crippen molar-refractivity contribution in [3.63, 3.8) is 0 Å². The summed E-state index contributed by atoms with van der Waals surface area (Å²) in [5.74, 6) is 0. The summed E-state index contributed by atoms with van der Waals surface area (Å²) in [6.07, 6.45) is 1.87. The number of rotatable bonds is 5. The third-order valence-corrected chi connectivity index (χ3v) is 3.31. The Morgan fingerprint density at radius 2 is 2.44 bits per heavy atom. The molecule has 1 aromatic heterocycles. The summed E-state index contributed by atoms with van der Waals surface area (Å²) in [4.78, 5) is 5.52. The SMILES string of the molecule is COCCNC(=S)NC(C)c1ncc(C)s1. The van der Waals surface area contributed by atoms with E-state index < -0.39 is 0 Å². The highest BCUT2D eigenvalue weighted by Gasteiger charge is 2.09. The van der Waals surface area contributed by atoms with Crippen LogP contribution >= 0.6 is 23.6 Å². The van der Waals surface area contributed by atoms with Crippen LogP contribution < -0.4 is 10.6 Å². The second-order valence-electron chi connectivity index (χ2n) is 3.42. The molecule has 1 atom stereocenters. The lowest BCUT2D eigenvalue weighted by molar-refractivity contribution is 0.204. The molecule has 0 aromatic carbocycles. The highest BCUT2D eigenvalue weighted by Crippen LogP contribution is 2.18. The highest BCUT2D eigenvalue weighted by molar-refractivity contribution is 7.80. The molecule has 1 unspecified atom stereocenters. The van der Waals surface area contributed by atoms with Gasteiger partial charge in [0.15, 0.2) is 5.11 Å². The normalized spacial score (nSPS) is 12.2. The lowest BCUT2D eigenvalue weighted by Crippen LogP contribution is -2.38. The van der Waals surface area contributed by atoms with E-state index in [0.29, 0.717) is 18.3 Å². The maximum absolute atomic E-state index is 5.15. The minimum atomic E-state index is 0.140. The molecule has 90 valence electrons. The number of nitrogens with zero attached hydrogens (tertiary/aromatic N) is 1. The largest absolute Gasteiger partial charge is 0.383 e. The van der Waals surface area contributed by atoms with Crippen molar-refractivity contribution in [1.29, 1.82) is 0 Å². The van der Waals surface area contributed by atoms with Gasteiger partial charge in [-0.15, -0.1) is 11.3 Å². The van der Waals surface area contributed by atoms with Gasteiger partial charge < -0.3 is 15.4 Å². The monoisotopic (exact) mass is 259 g/mol. The van der Waals surface area contributed by atoms with E-state index in [1.807, 2.05) is 20.0 Å². The molecule has 4 nitrogen and oxygen atoms in total. The summed E-state index contributed by atoms with van der Waals surface area (Å²) in [5.41, 5.74) is 0. The van der Waals surface area contributed by atoms with Gasteiger partial charge in [0.05, 0.1) is 12.6 Å². The van der Waals surface area contributed by atoms with Crippen molar-refractivity contribution in [1.82, 2.24) is 15.6 Å². The summed E-state index contributed by atoms with van der Waals surface area (Å²) in [6.45, 7) is 5.45. The number of aromatic nitrogens is 1. The third kappa shape index (κ3) is 4.42. The zero-order valence-electron chi connectivity index (χ0n) is 9.74. The molecule has 1 heterocycles. The molecule has 0 saturated heterocycles. The topological polar surface area (TPSA) is 46.2 Å². The minimum absolute atomic E-state index is 0.140. The van der Waals surface area contributed by atoms with Gasteiger partial charge in [-0.2, -0.15) is 0 Å². The number of hydrogen-bond donors (Lipinski definition) is 2. The first-order chi connectivity index (χ1) is 7.63. The molecular formula is C10H17N3OS2. The predicted octanol–water partition coefficient (Wildman–Crippen LogP) is 1.62. The van der Waals surface area contributed by atoms with Crippen LogP contribution in [0.25, 0.3) is 0 Å². The van der Waals surface area contributed by atoms with Gasteiger partial charge in [0.25, 0.3) is 0 Å². The van der Waals surface area contributed by atoms with Crippen molar-refractivity contribution in [2.45, 2.75) is 19.9 Å². The van der Waals surface area contributed by atoms with Crippen LogP contribution in [0.3, 0.4) is 0 Å². The first-order valence-corrected chi connectivity index (χ1v) is 6.31. The Morgan fingerprint density at radius 1 is 1.69 bits per heavy atom. The maximum Gasteiger partial charge on any atom is 0.166 e. The smallest absolute Gasteiger partial charge is 0.166 e. The van der Waals surface area contributed by atoms with Crippen LogP contribution in [0, 0.1) is 6.92 Å². The molecule has 1 aromatic rings. The second kappa shape index (κ2) is 6.78. The van der Waals surface area contributed by atoms with Crippen molar-refractivity contribution < 1.29 is 4.74 Å². The van der Waals surface area contributed by atoms with Gasteiger partial charge in [0.1, 0.15) is 5.01 Å². The van der Waals surface area contributed by atoms with E-state index >= 15 is 0 Å². The summed E-state index contributed by atoms with van der Waals surface area (Å²) in [6, 6.07) is 0.140. The van der Waals surface area contributed by atoms with Crippen molar-refractivity contribution in [2.75, 3.05) is 20.3 Å². The standard InChI is InChI=1S/C10H17N3OS2/c1-7-6-12-9(16-7)8(2)13-10(15)11-4-5-14-3/h6,8H,4-5H2,1-3H3,(H2,11,13,15). The molecule has 0 aliphatic carbocycles. The number of nitrogens with one attached hydrogen (secondary N) is 2. The van der Waals surface area contributed by atoms with Gasteiger partial charge in [-0.3, -0.25) is 0 Å². The molecule has 0 spiro atoms. The van der Waals surface area contributed by atoms with Crippen molar-refractivity contribution in [3.8, 4) is 0 Å². The molecule has 0 saturated carbocycles. The highest BCUT2D eigenvalue weighted by atomic mass is 32.1. The van der Waals surface area contributed by atoms with Crippen LogP contribution in [0.2, 0.25) is 0 Å². The fourth-order valence-electron chi connectivity index (χ4n) is 1.15. The van der Waals surface area contributed by atoms with Crippen molar-refractivity contribution in [3.05, 3.63) is 16.1 Å². The minimum Gasteiger partial charge on any atom is -0.383 e. The van der Waals surface area contributed by atoms with Gasteiger partial charge in [-0.25, -0.2) is 4.98 Å². The summed E-state index contributed by atoms with van der Waals surface area (Å²) in [7, 11) is 1.67. The number of ether oxygens (including phenoxy) is 1. The Balaban J connectivity index is 2.33. The number of aryl methyl sites for hydroxylation is 1. The molecule has 0 radical (unpaired) electrons. The Labute approximate surface area is 105 Å². The number of hydrogen-bond acceptors (Lipinski definition) is 4. The van der Waals surface area contributed by atoms with Crippen LogP contribution in [0.5, 0.6) is 0 Å². The molecule has 0 aliphatic rings. The van der Waals surface area contributed by atoms with E-state index in [1.54, 1.807) is 18.4 Å². The van der Waals surface area contributed by atoms with Crippen LogP contribution in [-0.2, 0) is 4.74 Å². The number of thiazole rings is 1. The molecular weight excluding hydrogens is 242 g/mol. The van der Waals surface area contributed by atoms with Crippen LogP contribution in [-0.4, -0.2) is 30.4 Å². The van der Waals surface area contributed by atoms with Crippen molar-refractivity contribution in [2.24, 2.45) is 0 Å². The Hall–Kier alpha value is -0.720. The van der Waals surface area contributed by atoms with E-state index in [2.05, 4.69) is 15.6 Å². The van der Waals surface area contributed by atoms with Gasteiger partial charge >= 0.3 is 0 Å².